The van der Waals surface area contributed by atoms with Crippen molar-refractivity contribution in [1.82, 2.24) is 28.9 Å². The molecule has 7 aromatic rings. The van der Waals surface area contributed by atoms with E-state index in [9.17, 15) is 10.2 Å². The number of phenols is 2. The van der Waals surface area contributed by atoms with Crippen molar-refractivity contribution in [3.63, 3.8) is 0 Å². The zero-order chi connectivity index (χ0) is 29.9. The fraction of sp³-hybridized carbons (Fsp3) is 0.111. The molecule has 0 saturated heterocycles. The molecule has 0 radical (unpaired) electrons. The molecule has 1 aliphatic heterocycles. The Morgan fingerprint density at radius 2 is 1.16 bits per heavy atom. The molecule has 0 unspecified atom stereocenters. The van der Waals surface area contributed by atoms with Crippen LogP contribution in [0.3, 0.4) is 0 Å². The largest absolute Gasteiger partial charge is 0.507 e. The topological polar surface area (TPSA) is 101 Å². The summed E-state index contributed by atoms with van der Waals surface area (Å²) in [6.07, 6.45) is 8.80. The molecular weight excluding hydrogens is 548 g/mol. The maximum absolute atomic E-state index is 10.2. The summed E-state index contributed by atoms with van der Waals surface area (Å²) >= 11 is 0. The lowest BCUT2D eigenvalue weighted by molar-refractivity contribution is 0.476. The number of benzene rings is 2. The van der Waals surface area contributed by atoms with Gasteiger partial charge in [-0.2, -0.15) is 0 Å². The highest BCUT2D eigenvalue weighted by Crippen LogP contribution is 2.36. The normalized spacial score (nSPS) is 12.4. The molecule has 216 valence electrons. The maximum Gasteiger partial charge on any atom is 0.163 e. The van der Waals surface area contributed by atoms with Gasteiger partial charge in [0.05, 0.1) is 11.2 Å². The standard InChI is InChI=1S/C18H17N3O.C18H13N3O/c2*22-16-10-2-1-7-13(16)17-15-9-4-6-12-21(15)18(20-17)14-8-3-5-11-19-14/h1-3,5,7-8,10-11,22H,4,6,9,12H2;1-12,22H. The van der Waals surface area contributed by atoms with Gasteiger partial charge in [0.15, 0.2) is 11.6 Å². The van der Waals surface area contributed by atoms with E-state index < -0.39 is 0 Å². The summed E-state index contributed by atoms with van der Waals surface area (Å²) in [5.41, 5.74) is 6.97. The second-order valence-electron chi connectivity index (χ2n) is 10.5. The van der Waals surface area contributed by atoms with Crippen LogP contribution in [0.5, 0.6) is 11.5 Å². The highest BCUT2D eigenvalue weighted by molar-refractivity contribution is 5.83. The SMILES string of the molecule is Oc1ccccc1-c1nc(-c2ccccn2)n2c1CCCC2.Oc1ccccc1-c1nc(-c2ccccn2)n2ccccc12. The first-order valence-electron chi connectivity index (χ1n) is 14.6. The molecule has 44 heavy (non-hydrogen) atoms. The number of hydrogen-bond donors (Lipinski definition) is 2. The van der Waals surface area contributed by atoms with E-state index in [0.29, 0.717) is 5.56 Å². The molecule has 0 atom stereocenters. The Kier molecular flexibility index (Phi) is 7.30. The second-order valence-corrected chi connectivity index (χ2v) is 10.5. The molecule has 0 saturated carbocycles. The van der Waals surface area contributed by atoms with E-state index in [1.165, 1.54) is 5.69 Å². The summed E-state index contributed by atoms with van der Waals surface area (Å²) in [4.78, 5) is 18.4. The van der Waals surface area contributed by atoms with Gasteiger partial charge >= 0.3 is 0 Å². The first-order chi connectivity index (χ1) is 21.7. The second kappa shape index (κ2) is 11.9. The van der Waals surface area contributed by atoms with Crippen LogP contribution in [0.15, 0.2) is 122 Å². The van der Waals surface area contributed by atoms with Crippen molar-refractivity contribution < 1.29 is 10.2 Å². The van der Waals surface area contributed by atoms with E-state index in [-0.39, 0.29) is 11.5 Å². The van der Waals surface area contributed by atoms with Gasteiger partial charge < -0.3 is 14.8 Å². The minimum Gasteiger partial charge on any atom is -0.507 e. The molecule has 2 aromatic carbocycles. The monoisotopic (exact) mass is 578 g/mol. The zero-order valence-electron chi connectivity index (χ0n) is 24.0. The molecule has 0 bridgehead atoms. The van der Waals surface area contributed by atoms with Crippen molar-refractivity contribution >= 4 is 5.52 Å². The number of nitrogens with zero attached hydrogens (tertiary/aromatic N) is 6. The van der Waals surface area contributed by atoms with Gasteiger partial charge in [-0.3, -0.25) is 14.4 Å². The molecule has 0 spiro atoms. The lowest BCUT2D eigenvalue weighted by Crippen LogP contribution is -2.11. The molecular formula is C36H30N6O2. The van der Waals surface area contributed by atoms with Crippen LogP contribution in [0.25, 0.3) is 51.1 Å². The predicted molar refractivity (Wildman–Crippen MR) is 171 cm³/mol. The van der Waals surface area contributed by atoms with Gasteiger partial charge in [0, 0.05) is 42.0 Å². The Labute approximate surface area is 254 Å². The number of para-hydroxylation sites is 2. The van der Waals surface area contributed by atoms with Gasteiger partial charge in [-0.15, -0.1) is 0 Å². The molecule has 8 rings (SSSR count). The Morgan fingerprint density at radius 3 is 1.82 bits per heavy atom. The lowest BCUT2D eigenvalue weighted by Gasteiger charge is -2.17. The number of fused-ring (bicyclic) bond motifs is 2. The van der Waals surface area contributed by atoms with Crippen molar-refractivity contribution in [2.24, 2.45) is 0 Å². The summed E-state index contributed by atoms with van der Waals surface area (Å²) in [7, 11) is 0. The van der Waals surface area contributed by atoms with E-state index in [4.69, 9.17) is 9.97 Å². The van der Waals surface area contributed by atoms with E-state index in [1.807, 2.05) is 95.5 Å². The van der Waals surface area contributed by atoms with Crippen LogP contribution >= 0.6 is 0 Å². The number of aromatic nitrogens is 6. The first kappa shape index (κ1) is 27.1. The van der Waals surface area contributed by atoms with Gasteiger partial charge in [-0.05, 0) is 79.9 Å². The van der Waals surface area contributed by atoms with Crippen molar-refractivity contribution in [2.45, 2.75) is 25.8 Å². The van der Waals surface area contributed by atoms with E-state index in [1.54, 1.807) is 30.6 Å². The van der Waals surface area contributed by atoms with Crippen molar-refractivity contribution in [2.75, 3.05) is 0 Å². The molecule has 8 nitrogen and oxygen atoms in total. The smallest absolute Gasteiger partial charge is 0.163 e. The first-order valence-corrected chi connectivity index (χ1v) is 14.6. The Balaban J connectivity index is 0.000000142. The average Bonchev–Trinajstić information content (AvgIpc) is 3.66. The zero-order valence-corrected chi connectivity index (χ0v) is 24.0. The Bertz CT molecular complexity index is 2050. The Morgan fingerprint density at radius 1 is 0.568 bits per heavy atom. The number of phenolic OH excluding ortho intramolecular Hbond substituents is 2. The number of pyridine rings is 3. The average molecular weight is 579 g/mol. The molecule has 8 heteroatoms. The van der Waals surface area contributed by atoms with Crippen LogP contribution in [0, 0.1) is 0 Å². The van der Waals surface area contributed by atoms with Gasteiger partial charge in [-0.1, -0.05) is 42.5 Å². The minimum atomic E-state index is 0.221. The van der Waals surface area contributed by atoms with Crippen LogP contribution in [0.2, 0.25) is 0 Å². The van der Waals surface area contributed by atoms with E-state index >= 15 is 0 Å². The molecule has 1 aliphatic rings. The van der Waals surface area contributed by atoms with Crippen LogP contribution in [0.4, 0.5) is 0 Å². The molecule has 0 aliphatic carbocycles. The summed E-state index contributed by atoms with van der Waals surface area (Å²) in [6.45, 7) is 0.960. The molecule has 5 aromatic heterocycles. The van der Waals surface area contributed by atoms with Crippen LogP contribution in [-0.4, -0.2) is 39.1 Å². The molecule has 0 amide bonds. The predicted octanol–water partition coefficient (Wildman–Crippen LogP) is 7.42. The number of aromatic hydroxyl groups is 2. The van der Waals surface area contributed by atoms with Gasteiger partial charge in [0.1, 0.15) is 28.6 Å². The summed E-state index contributed by atoms with van der Waals surface area (Å²) in [5, 5.41) is 20.3. The third-order valence-corrected chi connectivity index (χ3v) is 7.77. The van der Waals surface area contributed by atoms with Gasteiger partial charge in [0.25, 0.3) is 0 Å². The van der Waals surface area contributed by atoms with Crippen LogP contribution in [-0.2, 0) is 13.0 Å². The number of rotatable bonds is 4. The van der Waals surface area contributed by atoms with E-state index in [0.717, 1.165) is 71.3 Å². The van der Waals surface area contributed by atoms with Crippen molar-refractivity contribution in [3.05, 3.63) is 127 Å². The lowest BCUT2D eigenvalue weighted by atomic mass is 10.0. The summed E-state index contributed by atoms with van der Waals surface area (Å²) < 4.78 is 4.25. The highest BCUT2D eigenvalue weighted by Gasteiger charge is 2.23. The maximum atomic E-state index is 10.2. The third-order valence-electron chi connectivity index (χ3n) is 7.77. The van der Waals surface area contributed by atoms with Gasteiger partial charge in [0.2, 0.25) is 0 Å². The molecule has 6 heterocycles. The molecule has 0 fully saturated rings. The number of imidazole rings is 2. The van der Waals surface area contributed by atoms with E-state index in [2.05, 4.69) is 14.5 Å². The number of hydrogen-bond acceptors (Lipinski definition) is 6. The quantitative estimate of drug-likeness (QED) is 0.225. The minimum absolute atomic E-state index is 0.221. The third kappa shape index (κ3) is 5.07. The fourth-order valence-electron chi connectivity index (χ4n) is 5.71. The highest BCUT2D eigenvalue weighted by atomic mass is 16.3. The van der Waals surface area contributed by atoms with Crippen molar-refractivity contribution in [1.29, 1.82) is 0 Å². The van der Waals surface area contributed by atoms with Gasteiger partial charge in [-0.25, -0.2) is 9.97 Å². The summed E-state index contributed by atoms with van der Waals surface area (Å²) in [5.74, 6) is 2.16. The molecule has 2 N–H and O–H groups in total. The fourth-order valence-corrected chi connectivity index (χ4v) is 5.71. The van der Waals surface area contributed by atoms with Crippen LogP contribution in [0.1, 0.15) is 18.5 Å². The summed E-state index contributed by atoms with van der Waals surface area (Å²) in [6, 6.07) is 32.2. The van der Waals surface area contributed by atoms with Crippen LogP contribution < -0.4 is 0 Å². The Hall–Kier alpha value is -5.76. The van der Waals surface area contributed by atoms with Crippen molar-refractivity contribution in [3.8, 4) is 57.1 Å².